The number of nitrogens with zero attached hydrogens (tertiary/aromatic N) is 3. The second-order valence-corrected chi connectivity index (χ2v) is 7.48. The van der Waals surface area contributed by atoms with Crippen LogP contribution in [0.25, 0.3) is 11.3 Å². The Hall–Kier alpha value is -3.66. The van der Waals surface area contributed by atoms with Crippen molar-refractivity contribution in [2.24, 2.45) is 0 Å². The average Bonchev–Trinajstić information content (AvgIpc) is 2.83. The highest BCUT2D eigenvalue weighted by atomic mass is 16.5. The first-order valence-corrected chi connectivity index (χ1v) is 10.3. The molecule has 0 N–H and O–H groups in total. The number of aromatic nitrogens is 2. The fourth-order valence-corrected chi connectivity index (χ4v) is 3.79. The summed E-state index contributed by atoms with van der Waals surface area (Å²) in [6, 6.07) is 28.9. The second kappa shape index (κ2) is 8.37. The number of anilines is 1. The first-order valence-electron chi connectivity index (χ1n) is 10.3. The molecule has 3 aromatic carbocycles. The monoisotopic (exact) mass is 393 g/mol. The zero-order chi connectivity index (χ0) is 20.2. The lowest BCUT2D eigenvalue weighted by Gasteiger charge is -2.28. The standard InChI is InChI=1S/C26H23N3O/c1-2-6-20(7-3-1)19-30-24-12-10-22(11-13-24)25-14-16-27-26(28-25)29-17-15-21-8-4-5-9-23(21)18-29/h1-14,16H,15,17-19H2. The molecule has 30 heavy (non-hydrogen) atoms. The molecule has 4 aromatic rings. The lowest BCUT2D eigenvalue weighted by Crippen LogP contribution is -2.31. The predicted octanol–water partition coefficient (Wildman–Crippen LogP) is 5.29. The third-order valence-corrected chi connectivity index (χ3v) is 5.45. The molecule has 4 heteroatoms. The van der Waals surface area contributed by atoms with Gasteiger partial charge in [0.25, 0.3) is 0 Å². The Morgan fingerprint density at radius 3 is 2.40 bits per heavy atom. The summed E-state index contributed by atoms with van der Waals surface area (Å²) in [6.07, 6.45) is 2.87. The molecule has 0 radical (unpaired) electrons. The molecule has 1 aromatic heterocycles. The van der Waals surface area contributed by atoms with Crippen LogP contribution in [0.15, 0.2) is 91.1 Å². The molecule has 4 nitrogen and oxygen atoms in total. The minimum atomic E-state index is 0.564. The summed E-state index contributed by atoms with van der Waals surface area (Å²) in [7, 11) is 0. The number of benzene rings is 3. The molecular weight excluding hydrogens is 370 g/mol. The van der Waals surface area contributed by atoms with Crippen molar-refractivity contribution in [1.82, 2.24) is 9.97 Å². The third kappa shape index (κ3) is 4.03. The molecule has 0 spiro atoms. The topological polar surface area (TPSA) is 38.2 Å². The summed E-state index contributed by atoms with van der Waals surface area (Å²) in [5, 5.41) is 0. The van der Waals surface area contributed by atoms with E-state index in [1.807, 2.05) is 42.6 Å². The molecule has 0 saturated heterocycles. The van der Waals surface area contributed by atoms with Gasteiger partial charge in [0.2, 0.25) is 5.95 Å². The van der Waals surface area contributed by atoms with Crippen molar-refractivity contribution < 1.29 is 4.74 Å². The van der Waals surface area contributed by atoms with Gasteiger partial charge in [-0.1, -0.05) is 54.6 Å². The van der Waals surface area contributed by atoms with Gasteiger partial charge in [-0.15, -0.1) is 0 Å². The lowest BCUT2D eigenvalue weighted by atomic mass is 10.0. The summed E-state index contributed by atoms with van der Waals surface area (Å²) in [6.45, 7) is 2.35. The molecule has 1 aliphatic heterocycles. The highest BCUT2D eigenvalue weighted by Gasteiger charge is 2.18. The van der Waals surface area contributed by atoms with Crippen LogP contribution in [-0.2, 0) is 19.6 Å². The molecule has 0 bridgehead atoms. The summed E-state index contributed by atoms with van der Waals surface area (Å²) in [5.74, 6) is 1.64. The van der Waals surface area contributed by atoms with Gasteiger partial charge in [-0.25, -0.2) is 9.97 Å². The van der Waals surface area contributed by atoms with Crippen LogP contribution in [0.3, 0.4) is 0 Å². The Labute approximate surface area is 176 Å². The first kappa shape index (κ1) is 18.4. The molecule has 148 valence electrons. The fourth-order valence-electron chi connectivity index (χ4n) is 3.79. The molecule has 2 heterocycles. The third-order valence-electron chi connectivity index (χ3n) is 5.45. The van der Waals surface area contributed by atoms with Crippen molar-refractivity contribution in [2.45, 2.75) is 19.6 Å². The minimum Gasteiger partial charge on any atom is -0.489 e. The highest BCUT2D eigenvalue weighted by Crippen LogP contribution is 2.25. The smallest absolute Gasteiger partial charge is 0.226 e. The van der Waals surface area contributed by atoms with E-state index in [-0.39, 0.29) is 0 Å². The maximum absolute atomic E-state index is 5.89. The predicted molar refractivity (Wildman–Crippen MR) is 119 cm³/mol. The van der Waals surface area contributed by atoms with Gasteiger partial charge in [0.1, 0.15) is 12.4 Å². The van der Waals surface area contributed by atoms with E-state index in [0.717, 1.165) is 48.0 Å². The van der Waals surface area contributed by atoms with Crippen LogP contribution in [0.5, 0.6) is 5.75 Å². The molecule has 0 aliphatic carbocycles. The van der Waals surface area contributed by atoms with E-state index in [2.05, 4.69) is 58.4 Å². The Morgan fingerprint density at radius 1 is 0.800 bits per heavy atom. The SMILES string of the molecule is c1ccc(COc2ccc(-c3ccnc(N4CCc5ccccc5C4)n3)cc2)cc1. The fraction of sp³-hybridized carbons (Fsp3) is 0.154. The number of ether oxygens (including phenoxy) is 1. The maximum Gasteiger partial charge on any atom is 0.226 e. The summed E-state index contributed by atoms with van der Waals surface area (Å²) in [5.41, 5.74) is 5.93. The molecule has 1 aliphatic rings. The molecule has 0 saturated carbocycles. The van der Waals surface area contributed by atoms with Crippen molar-refractivity contribution >= 4 is 5.95 Å². The molecule has 5 rings (SSSR count). The summed E-state index contributed by atoms with van der Waals surface area (Å²) >= 11 is 0. The van der Waals surface area contributed by atoms with Gasteiger partial charge in [0.05, 0.1) is 5.69 Å². The van der Waals surface area contributed by atoms with E-state index < -0.39 is 0 Å². The number of fused-ring (bicyclic) bond motifs is 1. The van der Waals surface area contributed by atoms with Crippen molar-refractivity contribution in [3.63, 3.8) is 0 Å². The normalized spacial score (nSPS) is 13.0. The second-order valence-electron chi connectivity index (χ2n) is 7.48. The largest absolute Gasteiger partial charge is 0.489 e. The van der Waals surface area contributed by atoms with Crippen LogP contribution in [0, 0.1) is 0 Å². The van der Waals surface area contributed by atoms with E-state index in [1.54, 1.807) is 0 Å². The summed E-state index contributed by atoms with van der Waals surface area (Å²) in [4.78, 5) is 11.6. The van der Waals surface area contributed by atoms with Crippen LogP contribution in [0.2, 0.25) is 0 Å². The molecule has 0 amide bonds. The Balaban J connectivity index is 1.29. The van der Waals surface area contributed by atoms with Crippen LogP contribution in [-0.4, -0.2) is 16.5 Å². The van der Waals surface area contributed by atoms with Crippen LogP contribution in [0.1, 0.15) is 16.7 Å². The van der Waals surface area contributed by atoms with Crippen molar-refractivity contribution in [3.05, 3.63) is 108 Å². The molecular formula is C26H23N3O. The molecule has 0 atom stereocenters. The zero-order valence-corrected chi connectivity index (χ0v) is 16.7. The lowest BCUT2D eigenvalue weighted by molar-refractivity contribution is 0.306. The Morgan fingerprint density at radius 2 is 1.57 bits per heavy atom. The van der Waals surface area contributed by atoms with Crippen LogP contribution < -0.4 is 9.64 Å². The Bertz CT molecular complexity index is 1130. The zero-order valence-electron chi connectivity index (χ0n) is 16.7. The first-order chi connectivity index (χ1) is 14.8. The maximum atomic E-state index is 5.89. The number of hydrogen-bond acceptors (Lipinski definition) is 4. The molecule has 0 fully saturated rings. The van der Waals surface area contributed by atoms with E-state index >= 15 is 0 Å². The van der Waals surface area contributed by atoms with Gasteiger partial charge in [-0.2, -0.15) is 0 Å². The van der Waals surface area contributed by atoms with Crippen LogP contribution >= 0.6 is 0 Å². The number of rotatable bonds is 5. The highest BCUT2D eigenvalue weighted by molar-refractivity contribution is 5.61. The average molecular weight is 393 g/mol. The van der Waals surface area contributed by atoms with Crippen LogP contribution in [0.4, 0.5) is 5.95 Å². The van der Waals surface area contributed by atoms with Gasteiger partial charge in [-0.05, 0) is 53.4 Å². The van der Waals surface area contributed by atoms with Crippen molar-refractivity contribution in [1.29, 1.82) is 0 Å². The van der Waals surface area contributed by atoms with Gasteiger partial charge in [0.15, 0.2) is 0 Å². The minimum absolute atomic E-state index is 0.564. The van der Waals surface area contributed by atoms with E-state index in [9.17, 15) is 0 Å². The summed E-state index contributed by atoms with van der Waals surface area (Å²) < 4.78 is 5.89. The van der Waals surface area contributed by atoms with Gasteiger partial charge in [-0.3, -0.25) is 0 Å². The van der Waals surface area contributed by atoms with Gasteiger partial charge in [0, 0.05) is 24.8 Å². The van der Waals surface area contributed by atoms with Crippen molar-refractivity contribution in [2.75, 3.05) is 11.4 Å². The van der Waals surface area contributed by atoms with E-state index in [1.165, 1.54) is 11.1 Å². The van der Waals surface area contributed by atoms with E-state index in [0.29, 0.717) is 6.61 Å². The Kier molecular flexibility index (Phi) is 5.13. The van der Waals surface area contributed by atoms with E-state index in [4.69, 9.17) is 9.72 Å². The number of hydrogen-bond donors (Lipinski definition) is 0. The molecule has 0 unspecified atom stereocenters. The van der Waals surface area contributed by atoms with Crippen molar-refractivity contribution in [3.8, 4) is 17.0 Å². The van der Waals surface area contributed by atoms with Gasteiger partial charge < -0.3 is 9.64 Å². The quantitative estimate of drug-likeness (QED) is 0.462. The van der Waals surface area contributed by atoms with Gasteiger partial charge >= 0.3 is 0 Å².